The maximum Gasteiger partial charge on any atom is 0.294 e. The van der Waals surface area contributed by atoms with Gasteiger partial charge in [0.15, 0.2) is 11.5 Å². The number of thioether (sulfide) groups is 1. The second-order valence-electron chi connectivity index (χ2n) is 7.78. The van der Waals surface area contributed by atoms with Crippen molar-refractivity contribution in [3.8, 4) is 11.5 Å². The molecule has 3 amide bonds. The molecule has 1 fully saturated rings. The lowest BCUT2D eigenvalue weighted by molar-refractivity contribution is -0.385. The summed E-state index contributed by atoms with van der Waals surface area (Å²) in [5, 5.41) is 13.8. The van der Waals surface area contributed by atoms with Crippen LogP contribution in [0.4, 0.5) is 16.2 Å². The van der Waals surface area contributed by atoms with Crippen molar-refractivity contribution in [3.63, 3.8) is 0 Å². The molecule has 0 atom stereocenters. The summed E-state index contributed by atoms with van der Waals surface area (Å²) in [5.74, 6) is -0.909. The van der Waals surface area contributed by atoms with E-state index in [0.717, 1.165) is 10.5 Å². The molecule has 0 unspecified atom stereocenters. The molecule has 0 radical (unpaired) electrons. The largest absolute Gasteiger partial charge is 0.493 e. The van der Waals surface area contributed by atoms with Gasteiger partial charge < -0.3 is 14.8 Å². The van der Waals surface area contributed by atoms with Crippen LogP contribution in [-0.2, 0) is 16.2 Å². The number of hydrogen-bond donors (Lipinski definition) is 1. The lowest BCUT2D eigenvalue weighted by Gasteiger charge is -2.13. The van der Waals surface area contributed by atoms with Crippen molar-refractivity contribution in [2.24, 2.45) is 0 Å². The van der Waals surface area contributed by atoms with Gasteiger partial charge in [0.2, 0.25) is 5.91 Å². The average Bonchev–Trinajstić information content (AvgIpc) is 3.15. The van der Waals surface area contributed by atoms with Crippen LogP contribution in [0.15, 0.2) is 77.7 Å². The fourth-order valence-corrected chi connectivity index (χ4v) is 4.32. The Hall–Kier alpha value is -4.64. The molecule has 11 heteroatoms. The lowest BCUT2D eigenvalue weighted by Crippen LogP contribution is -2.36. The summed E-state index contributed by atoms with van der Waals surface area (Å²) in [4.78, 5) is 49.6. The highest BCUT2D eigenvalue weighted by atomic mass is 32.2. The van der Waals surface area contributed by atoms with Crippen LogP contribution < -0.4 is 14.8 Å². The molecular formula is C26H21N3O7S. The van der Waals surface area contributed by atoms with Crippen LogP contribution in [0.1, 0.15) is 11.1 Å². The van der Waals surface area contributed by atoms with Gasteiger partial charge in [-0.05, 0) is 41.6 Å². The first-order chi connectivity index (χ1) is 17.9. The predicted octanol–water partition coefficient (Wildman–Crippen LogP) is 4.86. The minimum Gasteiger partial charge on any atom is -0.493 e. The van der Waals surface area contributed by atoms with Crippen LogP contribution >= 0.6 is 11.8 Å². The number of benzene rings is 3. The van der Waals surface area contributed by atoms with Gasteiger partial charge in [0.1, 0.15) is 13.2 Å². The maximum atomic E-state index is 12.9. The monoisotopic (exact) mass is 519 g/mol. The summed E-state index contributed by atoms with van der Waals surface area (Å²) in [6.07, 6.45) is 1.24. The topological polar surface area (TPSA) is 128 Å². The Bertz CT molecular complexity index is 1380. The number of nitrogens with zero attached hydrogens (tertiary/aromatic N) is 2. The number of methoxy groups -OCH3 is 1. The van der Waals surface area contributed by atoms with E-state index in [1.54, 1.807) is 30.3 Å². The van der Waals surface area contributed by atoms with E-state index in [1.807, 2.05) is 30.3 Å². The number of carbonyl (C=O) groups is 3. The molecule has 0 bridgehead atoms. The van der Waals surface area contributed by atoms with E-state index in [2.05, 4.69) is 5.32 Å². The molecule has 1 aliphatic heterocycles. The smallest absolute Gasteiger partial charge is 0.294 e. The fourth-order valence-electron chi connectivity index (χ4n) is 3.49. The number of nitrogens with one attached hydrogen (secondary N) is 1. The number of hydrogen-bond acceptors (Lipinski definition) is 8. The van der Waals surface area contributed by atoms with Crippen molar-refractivity contribution in [3.05, 3.63) is 98.9 Å². The number of amides is 3. The molecule has 3 aromatic carbocycles. The molecule has 188 valence electrons. The molecule has 0 aromatic heterocycles. The Labute approximate surface area is 216 Å². The SMILES string of the molecule is COc1cc(/C=C2\SC(=O)N(CC(=O)Nc3ccccc3)C2=O)c([N+](=O)[O-])cc1OCc1ccccc1. The highest BCUT2D eigenvalue weighted by Crippen LogP contribution is 2.39. The van der Waals surface area contributed by atoms with Crippen molar-refractivity contribution in [1.82, 2.24) is 4.90 Å². The third-order valence-electron chi connectivity index (χ3n) is 5.27. The van der Waals surface area contributed by atoms with E-state index in [0.29, 0.717) is 17.4 Å². The van der Waals surface area contributed by atoms with Crippen LogP contribution in [0.25, 0.3) is 6.08 Å². The second kappa shape index (κ2) is 11.4. The van der Waals surface area contributed by atoms with E-state index < -0.39 is 28.5 Å². The normalized spacial score (nSPS) is 14.1. The molecule has 37 heavy (non-hydrogen) atoms. The van der Waals surface area contributed by atoms with Gasteiger partial charge in [-0.2, -0.15) is 0 Å². The first-order valence-corrected chi connectivity index (χ1v) is 11.8. The van der Waals surface area contributed by atoms with Crippen LogP contribution in [0.3, 0.4) is 0 Å². The molecule has 0 saturated carbocycles. The average molecular weight is 520 g/mol. The molecule has 4 rings (SSSR count). The van der Waals surface area contributed by atoms with Gasteiger partial charge in [-0.25, -0.2) is 0 Å². The van der Waals surface area contributed by atoms with Gasteiger partial charge in [-0.1, -0.05) is 48.5 Å². The molecule has 1 heterocycles. The van der Waals surface area contributed by atoms with E-state index >= 15 is 0 Å². The van der Waals surface area contributed by atoms with Crippen molar-refractivity contribution < 1.29 is 28.8 Å². The van der Waals surface area contributed by atoms with Crippen molar-refractivity contribution in [2.45, 2.75) is 6.61 Å². The number of anilines is 1. The lowest BCUT2D eigenvalue weighted by atomic mass is 10.1. The minimum atomic E-state index is -0.726. The van der Waals surface area contributed by atoms with E-state index in [1.165, 1.54) is 25.3 Å². The molecule has 1 N–H and O–H groups in total. The van der Waals surface area contributed by atoms with Crippen LogP contribution in [0.2, 0.25) is 0 Å². The van der Waals surface area contributed by atoms with Crippen molar-refractivity contribution in [1.29, 1.82) is 0 Å². The Morgan fingerprint density at radius 2 is 1.73 bits per heavy atom. The number of nitro groups is 1. The molecule has 1 aliphatic rings. The Kier molecular flexibility index (Phi) is 7.84. The van der Waals surface area contributed by atoms with Crippen LogP contribution in [0.5, 0.6) is 11.5 Å². The summed E-state index contributed by atoms with van der Waals surface area (Å²) >= 11 is 0.594. The van der Waals surface area contributed by atoms with Gasteiger partial charge in [0.05, 0.1) is 28.6 Å². The summed E-state index contributed by atoms with van der Waals surface area (Å²) in [5.41, 5.74) is 1.10. The van der Waals surface area contributed by atoms with Crippen LogP contribution in [-0.4, -0.2) is 40.5 Å². The van der Waals surface area contributed by atoms with E-state index in [4.69, 9.17) is 9.47 Å². The standard InChI is InChI=1S/C26H21N3O7S/c1-35-21-12-18(20(29(33)34)14-22(21)36-16-17-8-4-2-5-9-17)13-23-25(31)28(26(32)37-23)15-24(30)27-19-10-6-3-7-11-19/h2-14H,15-16H2,1H3,(H,27,30)/b23-13-. The zero-order chi connectivity index (χ0) is 26.4. The van der Waals surface area contributed by atoms with Gasteiger partial charge in [0.25, 0.3) is 16.8 Å². The third-order valence-corrected chi connectivity index (χ3v) is 6.17. The second-order valence-corrected chi connectivity index (χ2v) is 8.77. The first kappa shape index (κ1) is 25.5. The quantitative estimate of drug-likeness (QED) is 0.241. The molecule has 3 aromatic rings. The number of rotatable bonds is 9. The minimum absolute atomic E-state index is 0.0492. The molecule has 10 nitrogen and oxygen atoms in total. The van der Waals surface area contributed by atoms with Crippen molar-refractivity contribution >= 4 is 46.3 Å². The predicted molar refractivity (Wildman–Crippen MR) is 138 cm³/mol. The number of para-hydroxylation sites is 1. The first-order valence-electron chi connectivity index (χ1n) is 11.0. The van der Waals surface area contributed by atoms with Gasteiger partial charge in [0, 0.05) is 5.69 Å². The summed E-state index contributed by atoms with van der Waals surface area (Å²) in [7, 11) is 1.39. The fraction of sp³-hybridized carbons (Fsp3) is 0.115. The number of carbonyl (C=O) groups excluding carboxylic acids is 3. The summed E-state index contributed by atoms with van der Waals surface area (Å²) in [6.45, 7) is -0.327. The number of imide groups is 1. The highest BCUT2D eigenvalue weighted by molar-refractivity contribution is 8.18. The molecule has 1 saturated heterocycles. The Balaban J connectivity index is 1.55. The molecule has 0 aliphatic carbocycles. The molecular weight excluding hydrogens is 498 g/mol. The zero-order valence-electron chi connectivity index (χ0n) is 19.6. The zero-order valence-corrected chi connectivity index (χ0v) is 20.4. The summed E-state index contributed by atoms with van der Waals surface area (Å²) < 4.78 is 11.1. The van der Waals surface area contributed by atoms with Gasteiger partial charge >= 0.3 is 0 Å². The number of ether oxygens (including phenoxy) is 2. The molecule has 0 spiro atoms. The van der Waals surface area contributed by atoms with E-state index in [-0.39, 0.29) is 34.3 Å². The Morgan fingerprint density at radius 3 is 2.38 bits per heavy atom. The van der Waals surface area contributed by atoms with Gasteiger partial charge in [-0.3, -0.25) is 29.4 Å². The summed E-state index contributed by atoms with van der Waals surface area (Å²) in [6, 6.07) is 20.4. The van der Waals surface area contributed by atoms with Crippen molar-refractivity contribution in [2.75, 3.05) is 19.0 Å². The third kappa shape index (κ3) is 6.14. The highest BCUT2D eigenvalue weighted by Gasteiger charge is 2.37. The number of nitro benzene ring substituents is 1. The van der Waals surface area contributed by atoms with E-state index in [9.17, 15) is 24.5 Å². The Morgan fingerprint density at radius 1 is 1.05 bits per heavy atom. The van der Waals surface area contributed by atoms with Gasteiger partial charge in [-0.15, -0.1) is 0 Å². The maximum absolute atomic E-state index is 12.9. The van der Waals surface area contributed by atoms with Crippen LogP contribution in [0, 0.1) is 10.1 Å².